The fourth-order valence-electron chi connectivity index (χ4n) is 1.72. The molecule has 0 aliphatic rings. The van der Waals surface area contributed by atoms with Crippen LogP contribution in [0.15, 0.2) is 23.8 Å². The van der Waals surface area contributed by atoms with E-state index < -0.39 is 0 Å². The molecule has 0 fully saturated rings. The third kappa shape index (κ3) is 7.78. The molecule has 0 aromatic rings. The quantitative estimate of drug-likeness (QED) is 0.392. The lowest BCUT2D eigenvalue weighted by Crippen LogP contribution is -2.07. The molecule has 0 aliphatic carbocycles. The van der Waals surface area contributed by atoms with Gasteiger partial charge in [0.15, 0.2) is 0 Å². The lowest BCUT2D eigenvalue weighted by molar-refractivity contribution is -0.136. The molecule has 0 amide bonds. The first kappa shape index (κ1) is 16.0. The highest BCUT2D eigenvalue weighted by molar-refractivity contribution is 5.88. The highest BCUT2D eigenvalue weighted by Gasteiger charge is 2.13. The van der Waals surface area contributed by atoms with Crippen molar-refractivity contribution in [3.63, 3.8) is 0 Å². The molecule has 0 bridgehead atoms. The number of rotatable bonds is 6. The number of carbonyl (C=O) groups is 1. The Morgan fingerprint density at radius 3 is 2.35 bits per heavy atom. The van der Waals surface area contributed by atoms with Crippen molar-refractivity contribution in [1.82, 2.24) is 0 Å². The molecule has 2 heteroatoms. The van der Waals surface area contributed by atoms with E-state index in [1.807, 2.05) is 0 Å². The van der Waals surface area contributed by atoms with Crippen LogP contribution in [0.5, 0.6) is 0 Å². The molecule has 0 heterocycles. The van der Waals surface area contributed by atoms with Crippen LogP contribution in [-0.2, 0) is 9.53 Å². The van der Waals surface area contributed by atoms with Gasteiger partial charge in [-0.2, -0.15) is 0 Å². The van der Waals surface area contributed by atoms with Crippen LogP contribution in [-0.4, -0.2) is 13.1 Å². The van der Waals surface area contributed by atoms with Crippen molar-refractivity contribution in [2.45, 2.75) is 53.4 Å². The first-order valence-corrected chi connectivity index (χ1v) is 6.27. The first-order chi connectivity index (χ1) is 7.80. The molecule has 0 N–H and O–H groups in total. The van der Waals surface area contributed by atoms with Crippen molar-refractivity contribution in [2.75, 3.05) is 7.11 Å². The Morgan fingerprint density at radius 2 is 1.94 bits per heavy atom. The van der Waals surface area contributed by atoms with Gasteiger partial charge >= 0.3 is 5.97 Å². The van der Waals surface area contributed by atoms with Crippen LogP contribution in [0.2, 0.25) is 0 Å². The molecule has 0 atom stereocenters. The Bertz CT molecular complexity index is 293. The fraction of sp³-hybridized carbons (Fsp3) is 0.667. The molecule has 2 nitrogen and oxygen atoms in total. The SMILES string of the molecule is C=C(C/C(=C/C(C)(C)C)CCCC)C(=O)OC. The average Bonchev–Trinajstić information content (AvgIpc) is 2.22. The van der Waals surface area contributed by atoms with Crippen molar-refractivity contribution < 1.29 is 9.53 Å². The summed E-state index contributed by atoms with van der Waals surface area (Å²) in [6.45, 7) is 12.5. The van der Waals surface area contributed by atoms with Crippen molar-refractivity contribution >= 4 is 5.97 Å². The van der Waals surface area contributed by atoms with Gasteiger partial charge in [-0.25, -0.2) is 4.79 Å². The summed E-state index contributed by atoms with van der Waals surface area (Å²) in [5, 5.41) is 0. The summed E-state index contributed by atoms with van der Waals surface area (Å²) < 4.78 is 4.68. The van der Waals surface area contributed by atoms with Crippen molar-refractivity contribution in [3.8, 4) is 0 Å². The summed E-state index contributed by atoms with van der Waals surface area (Å²) in [5.41, 5.74) is 1.97. The molecule has 17 heavy (non-hydrogen) atoms. The third-order valence-corrected chi connectivity index (χ3v) is 2.40. The summed E-state index contributed by atoms with van der Waals surface area (Å²) >= 11 is 0. The Balaban J connectivity index is 4.66. The van der Waals surface area contributed by atoms with Gasteiger partial charge in [-0.1, -0.05) is 52.3 Å². The molecule has 0 aromatic heterocycles. The van der Waals surface area contributed by atoms with Gasteiger partial charge in [-0.05, 0) is 24.7 Å². The normalized spacial score (nSPS) is 12.4. The molecule has 0 aliphatic heterocycles. The molecule has 0 radical (unpaired) electrons. The number of hydrogen-bond acceptors (Lipinski definition) is 2. The zero-order chi connectivity index (χ0) is 13.5. The van der Waals surface area contributed by atoms with Gasteiger partial charge in [0.2, 0.25) is 0 Å². The Morgan fingerprint density at radius 1 is 1.35 bits per heavy atom. The van der Waals surface area contributed by atoms with Crippen molar-refractivity contribution in [2.24, 2.45) is 5.41 Å². The Hall–Kier alpha value is -1.05. The van der Waals surface area contributed by atoms with Crippen LogP contribution in [0.3, 0.4) is 0 Å². The van der Waals surface area contributed by atoms with Crippen LogP contribution >= 0.6 is 0 Å². The molecule has 0 saturated carbocycles. The summed E-state index contributed by atoms with van der Waals surface area (Å²) in [4.78, 5) is 11.3. The summed E-state index contributed by atoms with van der Waals surface area (Å²) in [5.74, 6) is -0.304. The van der Waals surface area contributed by atoms with Crippen molar-refractivity contribution in [1.29, 1.82) is 0 Å². The van der Waals surface area contributed by atoms with Gasteiger partial charge in [-0.15, -0.1) is 0 Å². The average molecular weight is 238 g/mol. The van der Waals surface area contributed by atoms with Gasteiger partial charge in [0.25, 0.3) is 0 Å². The maximum Gasteiger partial charge on any atom is 0.333 e. The largest absolute Gasteiger partial charge is 0.466 e. The molecule has 98 valence electrons. The van der Waals surface area contributed by atoms with Crippen molar-refractivity contribution in [3.05, 3.63) is 23.8 Å². The highest BCUT2D eigenvalue weighted by Crippen LogP contribution is 2.24. The minimum atomic E-state index is -0.304. The van der Waals surface area contributed by atoms with Crippen LogP contribution < -0.4 is 0 Å². The molecule has 0 unspecified atom stereocenters. The topological polar surface area (TPSA) is 26.3 Å². The van der Waals surface area contributed by atoms with Gasteiger partial charge in [0.1, 0.15) is 0 Å². The molecule has 0 spiro atoms. The molecule has 0 aromatic carbocycles. The zero-order valence-corrected chi connectivity index (χ0v) is 11.9. The smallest absolute Gasteiger partial charge is 0.333 e. The van der Waals surface area contributed by atoms with E-state index in [4.69, 9.17) is 0 Å². The third-order valence-electron chi connectivity index (χ3n) is 2.40. The number of allylic oxidation sites excluding steroid dienone is 2. The molecular formula is C15H26O2. The van der Waals surface area contributed by atoms with E-state index in [9.17, 15) is 4.79 Å². The lowest BCUT2D eigenvalue weighted by Gasteiger charge is -2.17. The molecule has 0 rings (SSSR count). The predicted molar refractivity (Wildman–Crippen MR) is 72.8 cm³/mol. The van der Waals surface area contributed by atoms with E-state index in [2.05, 4.69) is 45.1 Å². The van der Waals surface area contributed by atoms with Gasteiger partial charge < -0.3 is 4.74 Å². The number of ether oxygens (including phenoxy) is 1. The first-order valence-electron chi connectivity index (χ1n) is 6.27. The predicted octanol–water partition coefficient (Wildman–Crippen LogP) is 4.27. The molecular weight excluding hydrogens is 212 g/mol. The number of methoxy groups -OCH3 is 1. The highest BCUT2D eigenvalue weighted by atomic mass is 16.5. The summed E-state index contributed by atoms with van der Waals surface area (Å²) in [6, 6.07) is 0. The van der Waals surface area contributed by atoms with Gasteiger partial charge in [0, 0.05) is 5.57 Å². The number of hydrogen-bond donors (Lipinski definition) is 0. The maximum atomic E-state index is 11.3. The van der Waals surface area contributed by atoms with Crippen LogP contribution in [0.25, 0.3) is 0 Å². The minimum absolute atomic E-state index is 0.138. The number of esters is 1. The standard InChI is InChI=1S/C15H26O2/c1-7-8-9-13(11-15(3,4)5)10-12(2)14(16)17-6/h11H,2,7-10H2,1,3-6H3/b13-11+. The monoisotopic (exact) mass is 238 g/mol. The molecule has 0 saturated heterocycles. The van der Waals surface area contributed by atoms with Gasteiger partial charge in [0.05, 0.1) is 7.11 Å². The van der Waals surface area contributed by atoms with Gasteiger partial charge in [-0.3, -0.25) is 0 Å². The number of unbranched alkanes of at least 4 members (excludes halogenated alkanes) is 1. The van der Waals surface area contributed by atoms with E-state index >= 15 is 0 Å². The van der Waals surface area contributed by atoms with E-state index in [1.165, 1.54) is 12.7 Å². The Kier molecular flexibility index (Phi) is 6.86. The van der Waals surface area contributed by atoms with E-state index in [-0.39, 0.29) is 11.4 Å². The minimum Gasteiger partial charge on any atom is -0.466 e. The Labute approximate surface area is 106 Å². The zero-order valence-electron chi connectivity index (χ0n) is 11.9. The van der Waals surface area contributed by atoms with E-state index in [0.717, 1.165) is 19.3 Å². The van der Waals surface area contributed by atoms with Crippen LogP contribution in [0, 0.1) is 5.41 Å². The number of carbonyl (C=O) groups excluding carboxylic acids is 1. The summed E-state index contributed by atoms with van der Waals surface area (Å²) in [6.07, 6.45) is 6.22. The maximum absolute atomic E-state index is 11.3. The summed E-state index contributed by atoms with van der Waals surface area (Å²) in [7, 11) is 1.40. The lowest BCUT2D eigenvalue weighted by atomic mass is 9.89. The fourth-order valence-corrected chi connectivity index (χ4v) is 1.72. The second-order valence-corrected chi connectivity index (χ2v) is 5.54. The van der Waals surface area contributed by atoms with E-state index in [1.54, 1.807) is 0 Å². The van der Waals surface area contributed by atoms with Crippen LogP contribution in [0.4, 0.5) is 0 Å². The van der Waals surface area contributed by atoms with E-state index in [0.29, 0.717) is 12.0 Å². The second-order valence-electron chi connectivity index (χ2n) is 5.54. The van der Waals surface area contributed by atoms with Crippen LogP contribution in [0.1, 0.15) is 53.4 Å². The second kappa shape index (κ2) is 7.31.